The van der Waals surface area contributed by atoms with Crippen LogP contribution in [0.1, 0.15) is 41.0 Å². The van der Waals surface area contributed by atoms with Crippen LogP contribution in [0.4, 0.5) is 4.79 Å². The first-order valence-electron chi connectivity index (χ1n) is 6.18. The monoisotopic (exact) mass is 295 g/mol. The Morgan fingerprint density at radius 1 is 1.56 bits per heavy atom. The van der Waals surface area contributed by atoms with Crippen molar-refractivity contribution in [2.75, 3.05) is 13.2 Å². The fraction of sp³-hybridized carbons (Fsp3) is 0.909. The lowest BCUT2D eigenvalue weighted by Crippen LogP contribution is -2.26. The van der Waals surface area contributed by atoms with E-state index in [1.165, 1.54) is 16.1 Å². The summed E-state index contributed by atoms with van der Waals surface area (Å²) in [4.78, 5) is 11.8. The van der Waals surface area contributed by atoms with Gasteiger partial charge in [-0.3, -0.25) is 4.57 Å². The molecule has 0 spiro atoms. The van der Waals surface area contributed by atoms with Crippen LogP contribution in [-0.2, 0) is 13.8 Å². The molecule has 1 aliphatic rings. The first kappa shape index (κ1) is 15.9. The number of hydrogen-bond acceptors (Lipinski definition) is 5. The van der Waals surface area contributed by atoms with E-state index in [1.54, 1.807) is 20.8 Å². The Kier molecular flexibility index (Phi) is 5.15. The Bertz CT molecular complexity index is 361. The normalized spacial score (nSPS) is 23.6. The third-order valence-electron chi connectivity index (χ3n) is 2.58. The molecule has 0 N–H and O–H groups in total. The van der Waals surface area contributed by atoms with E-state index < -0.39 is 18.4 Å². The second-order valence-electron chi connectivity index (χ2n) is 4.90. The van der Waals surface area contributed by atoms with E-state index in [0.717, 1.165) is 6.42 Å². The van der Waals surface area contributed by atoms with Crippen molar-refractivity contribution in [3.63, 3.8) is 0 Å². The van der Waals surface area contributed by atoms with Crippen LogP contribution in [0.3, 0.4) is 0 Å². The molecular weight excluding hydrogens is 273 g/mol. The van der Waals surface area contributed by atoms with Gasteiger partial charge in [-0.25, -0.2) is 9.46 Å². The summed E-state index contributed by atoms with van der Waals surface area (Å²) >= 11 is 1.23. The molecular formula is C11H22NO4PS. The number of amides is 1. The zero-order valence-corrected chi connectivity index (χ0v) is 13.3. The fourth-order valence-electron chi connectivity index (χ4n) is 1.56. The average Bonchev–Trinajstić information content (AvgIpc) is 2.53. The molecule has 5 nitrogen and oxygen atoms in total. The smallest absolute Gasteiger partial charge is 0.418 e. The van der Waals surface area contributed by atoms with Crippen LogP contribution in [0.25, 0.3) is 0 Å². The maximum atomic E-state index is 12.8. The maximum absolute atomic E-state index is 12.8. The van der Waals surface area contributed by atoms with Gasteiger partial charge in [0, 0.05) is 5.25 Å². The minimum atomic E-state index is -3.20. The first-order chi connectivity index (χ1) is 8.24. The third-order valence-corrected chi connectivity index (χ3v) is 7.81. The lowest BCUT2D eigenvalue weighted by Gasteiger charge is -2.26. The second kappa shape index (κ2) is 5.85. The second-order valence-corrected chi connectivity index (χ2v) is 9.61. The summed E-state index contributed by atoms with van der Waals surface area (Å²) in [6, 6.07) is 0. The van der Waals surface area contributed by atoms with Crippen molar-refractivity contribution in [3.8, 4) is 0 Å². The van der Waals surface area contributed by atoms with Crippen LogP contribution >= 0.6 is 18.1 Å². The van der Waals surface area contributed by atoms with Crippen molar-refractivity contribution >= 4 is 24.2 Å². The predicted molar refractivity (Wildman–Crippen MR) is 73.8 cm³/mol. The molecule has 1 fully saturated rings. The van der Waals surface area contributed by atoms with E-state index in [2.05, 4.69) is 0 Å². The van der Waals surface area contributed by atoms with Crippen LogP contribution in [0.2, 0.25) is 0 Å². The van der Waals surface area contributed by atoms with E-state index in [9.17, 15) is 9.36 Å². The standard InChI is InChI=1S/C11H22NO4PS/c1-6-9(3)18-17(14,15-7-2)12-8-11(4,5)16-10(12)13/h9H,6-8H2,1-5H3. The van der Waals surface area contributed by atoms with Crippen molar-refractivity contribution in [3.05, 3.63) is 0 Å². The molecule has 0 aromatic rings. The molecule has 106 valence electrons. The molecule has 1 amide bonds. The summed E-state index contributed by atoms with van der Waals surface area (Å²) < 4.78 is 24.7. The topological polar surface area (TPSA) is 55.8 Å². The van der Waals surface area contributed by atoms with Gasteiger partial charge in [-0.05, 0) is 38.6 Å². The van der Waals surface area contributed by atoms with Gasteiger partial charge in [-0.2, -0.15) is 0 Å². The molecule has 18 heavy (non-hydrogen) atoms. The number of rotatable bonds is 6. The van der Waals surface area contributed by atoms with Gasteiger partial charge in [-0.1, -0.05) is 13.8 Å². The highest BCUT2D eigenvalue weighted by atomic mass is 32.7. The van der Waals surface area contributed by atoms with E-state index >= 15 is 0 Å². The lowest BCUT2D eigenvalue weighted by atomic mass is 10.1. The highest BCUT2D eigenvalue weighted by Gasteiger charge is 2.48. The van der Waals surface area contributed by atoms with Crippen molar-refractivity contribution in [2.45, 2.75) is 51.9 Å². The van der Waals surface area contributed by atoms with E-state index in [1.807, 2.05) is 13.8 Å². The largest absolute Gasteiger partial charge is 0.441 e. The lowest BCUT2D eigenvalue weighted by molar-refractivity contribution is 0.0864. The Morgan fingerprint density at radius 2 is 2.17 bits per heavy atom. The Labute approximate surface area is 113 Å². The number of ether oxygens (including phenoxy) is 1. The molecule has 1 heterocycles. The van der Waals surface area contributed by atoms with Crippen molar-refractivity contribution in [1.29, 1.82) is 0 Å². The van der Waals surface area contributed by atoms with Crippen molar-refractivity contribution in [2.24, 2.45) is 0 Å². The van der Waals surface area contributed by atoms with Crippen molar-refractivity contribution in [1.82, 2.24) is 4.67 Å². The summed E-state index contributed by atoms with van der Waals surface area (Å²) in [6.07, 6.45) is 0.321. The molecule has 0 radical (unpaired) electrons. The predicted octanol–water partition coefficient (Wildman–Crippen LogP) is 3.89. The molecule has 7 heteroatoms. The van der Waals surface area contributed by atoms with Gasteiger partial charge in [0.1, 0.15) is 5.60 Å². The molecule has 1 rings (SSSR count). The Hall–Kier alpha value is -0.190. The van der Waals surface area contributed by atoms with Crippen molar-refractivity contribution < 1.29 is 18.6 Å². The van der Waals surface area contributed by atoms with Gasteiger partial charge in [0.25, 0.3) is 0 Å². The summed E-state index contributed by atoms with van der Waals surface area (Å²) in [6.45, 7) is 6.77. The van der Waals surface area contributed by atoms with Crippen LogP contribution in [0, 0.1) is 0 Å². The van der Waals surface area contributed by atoms with Crippen LogP contribution in [-0.4, -0.2) is 34.8 Å². The van der Waals surface area contributed by atoms with Gasteiger partial charge in [0.15, 0.2) is 0 Å². The van der Waals surface area contributed by atoms with E-state index in [-0.39, 0.29) is 5.25 Å². The first-order valence-corrected chi connectivity index (χ1v) is 9.24. The Balaban J connectivity index is 2.91. The average molecular weight is 295 g/mol. The highest BCUT2D eigenvalue weighted by Crippen LogP contribution is 2.66. The van der Waals surface area contributed by atoms with Gasteiger partial charge in [0.2, 0.25) is 0 Å². The third kappa shape index (κ3) is 3.65. The molecule has 0 bridgehead atoms. The van der Waals surface area contributed by atoms with Gasteiger partial charge >= 0.3 is 12.8 Å². The summed E-state index contributed by atoms with van der Waals surface area (Å²) in [7, 11) is 0. The summed E-state index contributed by atoms with van der Waals surface area (Å²) in [5.74, 6) is 0. The molecule has 0 aromatic carbocycles. The number of nitrogens with zero attached hydrogens (tertiary/aromatic N) is 1. The minimum absolute atomic E-state index is 0.166. The van der Waals surface area contributed by atoms with E-state index in [0.29, 0.717) is 13.2 Å². The molecule has 2 atom stereocenters. The zero-order chi connectivity index (χ0) is 14.0. The zero-order valence-electron chi connectivity index (χ0n) is 11.6. The highest BCUT2D eigenvalue weighted by molar-refractivity contribution is 8.56. The summed E-state index contributed by atoms with van der Waals surface area (Å²) in [5, 5.41) is 0.166. The number of carbonyl (C=O) groups is 1. The molecule has 0 saturated carbocycles. The quantitative estimate of drug-likeness (QED) is 0.696. The molecule has 0 aromatic heterocycles. The summed E-state index contributed by atoms with van der Waals surface area (Å²) in [5.41, 5.74) is -0.611. The van der Waals surface area contributed by atoms with Gasteiger partial charge in [0.05, 0.1) is 13.2 Å². The van der Waals surface area contributed by atoms with Crippen LogP contribution < -0.4 is 0 Å². The van der Waals surface area contributed by atoms with Gasteiger partial charge < -0.3 is 9.26 Å². The van der Waals surface area contributed by atoms with Crippen LogP contribution in [0.15, 0.2) is 0 Å². The number of hydrogen-bond donors (Lipinski definition) is 0. The SMILES string of the molecule is CCOP(=O)(SC(C)CC)N1CC(C)(C)OC1=O. The maximum Gasteiger partial charge on any atom is 0.418 e. The molecule has 1 saturated heterocycles. The van der Waals surface area contributed by atoms with Crippen LogP contribution in [0.5, 0.6) is 0 Å². The van der Waals surface area contributed by atoms with E-state index in [4.69, 9.17) is 9.26 Å². The fourth-order valence-corrected chi connectivity index (χ4v) is 6.58. The minimum Gasteiger partial charge on any atom is -0.441 e. The van der Waals surface area contributed by atoms with Gasteiger partial charge in [-0.15, -0.1) is 0 Å². The number of cyclic esters (lactones) is 1. The Morgan fingerprint density at radius 3 is 2.56 bits per heavy atom. The molecule has 0 aliphatic carbocycles. The molecule has 2 unspecified atom stereocenters. The molecule has 1 aliphatic heterocycles. The number of carbonyl (C=O) groups excluding carboxylic acids is 1.